The minimum atomic E-state index is -0.840. The second kappa shape index (κ2) is 7.02. The number of amides is 1. The second-order valence-electron chi connectivity index (χ2n) is 5.63. The molecule has 0 spiro atoms. The van der Waals surface area contributed by atoms with Crippen LogP contribution in [0.4, 0.5) is 0 Å². The standard InChI is InChI=1S/C16H23NO4/c1-17(12-16(19)6-8-21-9-7-16)15(18)14-5-3-4-13(10-14)11-20-2/h3-5,10,19H,6-9,11-12H2,1-2H3. The highest BCUT2D eigenvalue weighted by Gasteiger charge is 2.32. The lowest BCUT2D eigenvalue weighted by atomic mass is 9.93. The van der Waals surface area contributed by atoms with Gasteiger partial charge in [-0.2, -0.15) is 0 Å². The molecule has 5 nitrogen and oxygen atoms in total. The largest absolute Gasteiger partial charge is 0.388 e. The van der Waals surface area contributed by atoms with Crippen molar-refractivity contribution in [2.45, 2.75) is 25.0 Å². The summed E-state index contributed by atoms with van der Waals surface area (Å²) in [6.07, 6.45) is 1.13. The summed E-state index contributed by atoms with van der Waals surface area (Å²) in [5, 5.41) is 10.5. The van der Waals surface area contributed by atoms with Crippen LogP contribution in [0.3, 0.4) is 0 Å². The summed E-state index contributed by atoms with van der Waals surface area (Å²) in [6.45, 7) is 1.89. The number of nitrogens with zero attached hydrogens (tertiary/aromatic N) is 1. The summed E-state index contributed by atoms with van der Waals surface area (Å²) in [6, 6.07) is 7.38. The Balaban J connectivity index is 2.03. The Kier molecular flexibility index (Phi) is 5.33. The Labute approximate surface area is 125 Å². The lowest BCUT2D eigenvalue weighted by Crippen LogP contribution is -2.47. The van der Waals surface area contributed by atoms with Crippen molar-refractivity contribution in [1.29, 1.82) is 0 Å². The average Bonchev–Trinajstić information content (AvgIpc) is 2.47. The highest BCUT2D eigenvalue weighted by Crippen LogP contribution is 2.22. The molecule has 0 radical (unpaired) electrons. The smallest absolute Gasteiger partial charge is 0.253 e. The van der Waals surface area contributed by atoms with Gasteiger partial charge in [-0.25, -0.2) is 0 Å². The van der Waals surface area contributed by atoms with Gasteiger partial charge in [0.25, 0.3) is 5.91 Å². The summed E-state index contributed by atoms with van der Waals surface area (Å²) in [5.41, 5.74) is 0.733. The van der Waals surface area contributed by atoms with Gasteiger partial charge in [0.15, 0.2) is 0 Å². The molecule has 0 unspecified atom stereocenters. The quantitative estimate of drug-likeness (QED) is 0.892. The van der Waals surface area contributed by atoms with E-state index >= 15 is 0 Å². The molecule has 1 saturated heterocycles. The van der Waals surface area contributed by atoms with Crippen molar-refractivity contribution in [3.05, 3.63) is 35.4 Å². The van der Waals surface area contributed by atoms with Gasteiger partial charge >= 0.3 is 0 Å². The molecule has 1 aliphatic heterocycles. The van der Waals surface area contributed by atoms with Crippen LogP contribution in [0, 0.1) is 0 Å². The van der Waals surface area contributed by atoms with Crippen LogP contribution in [-0.2, 0) is 16.1 Å². The molecular formula is C16H23NO4. The zero-order chi connectivity index (χ0) is 15.3. The summed E-state index contributed by atoms with van der Waals surface area (Å²) in [4.78, 5) is 14.0. The van der Waals surface area contributed by atoms with Crippen LogP contribution in [0.15, 0.2) is 24.3 Å². The molecule has 1 amide bonds. The maximum Gasteiger partial charge on any atom is 0.253 e. The van der Waals surface area contributed by atoms with E-state index < -0.39 is 5.60 Å². The number of carbonyl (C=O) groups excluding carboxylic acids is 1. The van der Waals surface area contributed by atoms with Gasteiger partial charge in [-0.15, -0.1) is 0 Å². The predicted molar refractivity (Wildman–Crippen MR) is 79.1 cm³/mol. The predicted octanol–water partition coefficient (Wildman–Crippen LogP) is 1.45. The lowest BCUT2D eigenvalue weighted by Gasteiger charge is -2.35. The molecule has 5 heteroatoms. The van der Waals surface area contributed by atoms with E-state index in [-0.39, 0.29) is 5.91 Å². The molecular weight excluding hydrogens is 270 g/mol. The average molecular weight is 293 g/mol. The number of hydrogen-bond acceptors (Lipinski definition) is 4. The summed E-state index contributed by atoms with van der Waals surface area (Å²) in [7, 11) is 3.35. The van der Waals surface area contributed by atoms with Gasteiger partial charge in [-0.3, -0.25) is 4.79 Å². The Morgan fingerprint density at radius 1 is 1.43 bits per heavy atom. The Hall–Kier alpha value is -1.43. The zero-order valence-electron chi connectivity index (χ0n) is 12.7. The van der Waals surface area contributed by atoms with Gasteiger partial charge in [-0.05, 0) is 17.7 Å². The van der Waals surface area contributed by atoms with Crippen molar-refractivity contribution in [1.82, 2.24) is 4.90 Å². The Morgan fingerprint density at radius 3 is 2.81 bits per heavy atom. The summed E-state index contributed by atoms with van der Waals surface area (Å²) < 4.78 is 10.3. The first-order chi connectivity index (χ1) is 10.0. The van der Waals surface area contributed by atoms with Crippen LogP contribution >= 0.6 is 0 Å². The molecule has 1 aromatic rings. The van der Waals surface area contributed by atoms with E-state index in [1.54, 1.807) is 25.1 Å². The van der Waals surface area contributed by atoms with E-state index in [1.807, 2.05) is 18.2 Å². The SMILES string of the molecule is COCc1cccc(C(=O)N(C)CC2(O)CCOCC2)c1. The third-order valence-electron chi connectivity index (χ3n) is 3.79. The van der Waals surface area contributed by atoms with Crippen LogP contribution in [0.5, 0.6) is 0 Å². The minimum Gasteiger partial charge on any atom is -0.388 e. The van der Waals surface area contributed by atoms with Crippen molar-refractivity contribution in [2.75, 3.05) is 33.9 Å². The highest BCUT2D eigenvalue weighted by atomic mass is 16.5. The third-order valence-corrected chi connectivity index (χ3v) is 3.79. The topological polar surface area (TPSA) is 59.0 Å². The second-order valence-corrected chi connectivity index (χ2v) is 5.63. The fraction of sp³-hybridized carbons (Fsp3) is 0.562. The monoisotopic (exact) mass is 293 g/mol. The maximum absolute atomic E-state index is 12.5. The van der Waals surface area contributed by atoms with Crippen LogP contribution < -0.4 is 0 Å². The zero-order valence-corrected chi connectivity index (χ0v) is 12.7. The van der Waals surface area contributed by atoms with Crippen LogP contribution in [0.2, 0.25) is 0 Å². The normalized spacial score (nSPS) is 17.5. The molecule has 0 atom stereocenters. The molecule has 2 rings (SSSR count). The number of rotatable bonds is 5. The van der Waals surface area contributed by atoms with Crippen molar-refractivity contribution in [3.63, 3.8) is 0 Å². The summed E-state index contributed by atoms with van der Waals surface area (Å²) >= 11 is 0. The van der Waals surface area contributed by atoms with E-state index in [0.717, 1.165) is 5.56 Å². The van der Waals surface area contributed by atoms with Crippen LogP contribution in [0.1, 0.15) is 28.8 Å². The Morgan fingerprint density at radius 2 is 2.14 bits per heavy atom. The maximum atomic E-state index is 12.5. The van der Waals surface area contributed by atoms with Crippen molar-refractivity contribution < 1.29 is 19.4 Å². The summed E-state index contributed by atoms with van der Waals surface area (Å²) in [5.74, 6) is -0.0899. The number of methoxy groups -OCH3 is 1. The molecule has 1 fully saturated rings. The molecule has 0 aromatic heterocycles. The van der Waals surface area contributed by atoms with Crippen molar-refractivity contribution >= 4 is 5.91 Å². The van der Waals surface area contributed by atoms with E-state index in [0.29, 0.717) is 44.8 Å². The molecule has 116 valence electrons. The van der Waals surface area contributed by atoms with E-state index in [2.05, 4.69) is 0 Å². The number of benzene rings is 1. The Bertz CT molecular complexity index is 483. The number of carbonyl (C=O) groups is 1. The molecule has 1 aliphatic rings. The van der Waals surface area contributed by atoms with E-state index in [4.69, 9.17) is 9.47 Å². The number of ether oxygens (including phenoxy) is 2. The molecule has 1 heterocycles. The fourth-order valence-corrected chi connectivity index (χ4v) is 2.60. The van der Waals surface area contributed by atoms with Gasteiger partial charge in [0.2, 0.25) is 0 Å². The third kappa shape index (κ3) is 4.27. The molecule has 1 N–H and O–H groups in total. The lowest BCUT2D eigenvalue weighted by molar-refractivity contribution is -0.0734. The van der Waals surface area contributed by atoms with Gasteiger partial charge < -0.3 is 19.5 Å². The van der Waals surface area contributed by atoms with Crippen molar-refractivity contribution in [2.24, 2.45) is 0 Å². The highest BCUT2D eigenvalue weighted by molar-refractivity contribution is 5.94. The number of likely N-dealkylation sites (N-methyl/N-ethyl adjacent to an activating group) is 1. The molecule has 0 aliphatic carbocycles. The molecule has 1 aromatic carbocycles. The van der Waals surface area contributed by atoms with E-state index in [9.17, 15) is 9.90 Å². The van der Waals surface area contributed by atoms with Crippen LogP contribution in [0.25, 0.3) is 0 Å². The first-order valence-electron chi connectivity index (χ1n) is 7.17. The van der Waals surface area contributed by atoms with Gasteiger partial charge in [0.05, 0.1) is 12.2 Å². The van der Waals surface area contributed by atoms with Gasteiger partial charge in [-0.1, -0.05) is 12.1 Å². The van der Waals surface area contributed by atoms with Gasteiger partial charge in [0.1, 0.15) is 0 Å². The first kappa shape index (κ1) is 15.9. The van der Waals surface area contributed by atoms with Crippen molar-refractivity contribution in [3.8, 4) is 0 Å². The van der Waals surface area contributed by atoms with Gasteiger partial charge in [0, 0.05) is 52.3 Å². The fourth-order valence-electron chi connectivity index (χ4n) is 2.60. The minimum absolute atomic E-state index is 0.0899. The molecule has 0 bridgehead atoms. The molecule has 21 heavy (non-hydrogen) atoms. The van der Waals surface area contributed by atoms with Crippen LogP contribution in [-0.4, -0.2) is 55.4 Å². The molecule has 0 saturated carbocycles. The number of hydrogen-bond donors (Lipinski definition) is 1. The van der Waals surface area contributed by atoms with E-state index in [1.165, 1.54) is 0 Å². The first-order valence-corrected chi connectivity index (χ1v) is 7.17. The number of aliphatic hydroxyl groups is 1.